The number of carbonyl (C=O) groups is 1. The summed E-state index contributed by atoms with van der Waals surface area (Å²) in [6.45, 7) is 5.58. The first-order valence-corrected chi connectivity index (χ1v) is 9.89. The van der Waals surface area contributed by atoms with Crippen molar-refractivity contribution in [1.29, 1.82) is 0 Å². The smallest absolute Gasteiger partial charge is 0.418 e. The summed E-state index contributed by atoms with van der Waals surface area (Å²) in [7, 11) is 0. The molecule has 0 bridgehead atoms. The maximum Gasteiger partial charge on any atom is 0.418 e. The summed E-state index contributed by atoms with van der Waals surface area (Å²) >= 11 is 0. The molecule has 0 aromatic heterocycles. The molecule has 2 aromatic rings. The fourth-order valence-corrected chi connectivity index (χ4v) is 3.36. The van der Waals surface area contributed by atoms with Gasteiger partial charge in [-0.3, -0.25) is 14.9 Å². The molecule has 3 rings (SSSR count). The molecule has 1 aliphatic rings. The van der Waals surface area contributed by atoms with E-state index in [9.17, 15) is 28.1 Å². The highest BCUT2D eigenvalue weighted by Gasteiger charge is 2.36. The molecule has 0 saturated carbocycles. The monoisotopic (exact) mass is 453 g/mol. The van der Waals surface area contributed by atoms with Crippen LogP contribution >= 0.6 is 0 Å². The van der Waals surface area contributed by atoms with E-state index in [4.69, 9.17) is 9.47 Å². The van der Waals surface area contributed by atoms with Gasteiger partial charge in [0.15, 0.2) is 0 Å². The van der Waals surface area contributed by atoms with Crippen LogP contribution in [0.25, 0.3) is 0 Å². The molecule has 0 radical (unpaired) electrons. The Hall–Kier alpha value is -3.50. The van der Waals surface area contributed by atoms with Crippen LogP contribution < -0.4 is 20.1 Å². The Morgan fingerprint density at radius 3 is 2.66 bits per heavy atom. The van der Waals surface area contributed by atoms with Crippen molar-refractivity contribution in [2.24, 2.45) is 0 Å². The van der Waals surface area contributed by atoms with E-state index in [1.54, 1.807) is 13.0 Å². The second-order valence-electron chi connectivity index (χ2n) is 7.36. The van der Waals surface area contributed by atoms with Gasteiger partial charge in [-0.1, -0.05) is 0 Å². The van der Waals surface area contributed by atoms with Crippen LogP contribution in [0, 0.1) is 10.1 Å². The van der Waals surface area contributed by atoms with Crippen LogP contribution in [0.2, 0.25) is 0 Å². The van der Waals surface area contributed by atoms with E-state index in [0.717, 1.165) is 17.7 Å². The molecule has 172 valence electrons. The van der Waals surface area contributed by atoms with Crippen molar-refractivity contribution in [3.05, 3.63) is 51.6 Å². The van der Waals surface area contributed by atoms with Gasteiger partial charge in [0.1, 0.15) is 23.6 Å². The largest absolute Gasteiger partial charge is 0.492 e. The highest BCUT2D eigenvalue weighted by molar-refractivity contribution is 5.97. The molecule has 11 heteroatoms. The van der Waals surface area contributed by atoms with Crippen molar-refractivity contribution in [1.82, 2.24) is 0 Å². The van der Waals surface area contributed by atoms with Crippen LogP contribution in [0.15, 0.2) is 30.3 Å². The molecule has 32 heavy (non-hydrogen) atoms. The summed E-state index contributed by atoms with van der Waals surface area (Å²) in [5.74, 6) is 0.377. The molecule has 1 aliphatic heterocycles. The molecule has 0 saturated heterocycles. The van der Waals surface area contributed by atoms with Crippen molar-refractivity contribution in [3.63, 3.8) is 0 Å². The Balaban J connectivity index is 1.82. The van der Waals surface area contributed by atoms with Crippen LogP contribution in [-0.2, 0) is 17.4 Å². The lowest BCUT2D eigenvalue weighted by molar-refractivity contribution is -0.385. The minimum absolute atomic E-state index is 0.00150. The molecule has 0 spiro atoms. The Morgan fingerprint density at radius 1 is 1.31 bits per heavy atom. The Kier molecular flexibility index (Phi) is 6.47. The van der Waals surface area contributed by atoms with E-state index in [1.807, 2.05) is 13.0 Å². The fraction of sp³-hybridized carbons (Fsp3) is 0.381. The van der Waals surface area contributed by atoms with Crippen LogP contribution in [-0.4, -0.2) is 29.6 Å². The molecular formula is C21H22F3N3O5. The van der Waals surface area contributed by atoms with Gasteiger partial charge in [-0.05, 0) is 32.9 Å². The van der Waals surface area contributed by atoms with Crippen LogP contribution in [0.5, 0.6) is 11.5 Å². The number of hydrogen-bond donors (Lipinski definition) is 2. The van der Waals surface area contributed by atoms with Crippen molar-refractivity contribution < 1.29 is 32.4 Å². The van der Waals surface area contributed by atoms with Gasteiger partial charge in [-0.15, -0.1) is 0 Å². The number of halogens is 3. The molecule has 0 aliphatic carbocycles. The summed E-state index contributed by atoms with van der Waals surface area (Å²) in [5.41, 5.74) is -1.18. The van der Waals surface area contributed by atoms with Crippen LogP contribution in [0.4, 0.5) is 30.2 Å². The SMILES string of the molecule is CCOc1cc2c(cc1N[C@@H](C)C(=O)Nc1ccc([N+](=O)[O-])cc1C(F)(F)F)O[C@@H](C)C2. The number of hydrogen-bond acceptors (Lipinski definition) is 6. The summed E-state index contributed by atoms with van der Waals surface area (Å²) in [6.07, 6.45) is -4.17. The van der Waals surface area contributed by atoms with E-state index in [-0.39, 0.29) is 6.10 Å². The molecule has 0 fully saturated rings. The molecule has 2 N–H and O–H groups in total. The average Bonchev–Trinajstić information content (AvgIpc) is 3.06. The highest BCUT2D eigenvalue weighted by atomic mass is 19.4. The zero-order chi connectivity index (χ0) is 23.6. The summed E-state index contributed by atoms with van der Waals surface area (Å²) in [6, 6.07) is 4.70. The third kappa shape index (κ3) is 5.04. The zero-order valence-electron chi connectivity index (χ0n) is 17.6. The number of fused-ring (bicyclic) bond motifs is 1. The number of anilines is 2. The average molecular weight is 453 g/mol. The highest BCUT2D eigenvalue weighted by Crippen LogP contribution is 2.39. The second kappa shape index (κ2) is 8.93. The summed E-state index contributed by atoms with van der Waals surface area (Å²) < 4.78 is 51.5. The van der Waals surface area contributed by atoms with Gasteiger partial charge in [-0.2, -0.15) is 13.2 Å². The number of nitro groups is 1. The first-order valence-electron chi connectivity index (χ1n) is 9.89. The van der Waals surface area contributed by atoms with Gasteiger partial charge in [-0.25, -0.2) is 0 Å². The fourth-order valence-electron chi connectivity index (χ4n) is 3.36. The minimum Gasteiger partial charge on any atom is -0.492 e. The topological polar surface area (TPSA) is 103 Å². The number of rotatable bonds is 7. The normalized spacial score (nSPS) is 16.0. The third-order valence-electron chi connectivity index (χ3n) is 4.84. The number of nitrogens with zero attached hydrogens (tertiary/aromatic N) is 1. The van der Waals surface area contributed by atoms with Gasteiger partial charge in [0.05, 0.1) is 28.5 Å². The zero-order valence-corrected chi connectivity index (χ0v) is 17.6. The van der Waals surface area contributed by atoms with Crippen LogP contribution in [0.1, 0.15) is 31.9 Å². The predicted molar refractivity (Wildman–Crippen MR) is 111 cm³/mol. The minimum atomic E-state index is -4.89. The maximum atomic E-state index is 13.4. The lowest BCUT2D eigenvalue weighted by atomic mass is 10.1. The standard InChI is InChI=1S/C21H22F3N3O5/c1-4-31-19-8-13-7-11(2)32-18(13)10-17(19)25-12(3)20(28)26-16-6-5-14(27(29)30)9-15(16)21(22,23)24/h5-6,8-12,25H,4,7H2,1-3H3,(H,26,28)/t11-,12-/m0/s1. The van der Waals surface area contributed by atoms with E-state index >= 15 is 0 Å². The quantitative estimate of drug-likeness (QED) is 0.462. The number of benzene rings is 2. The summed E-state index contributed by atoms with van der Waals surface area (Å²) in [5, 5.41) is 16.0. The summed E-state index contributed by atoms with van der Waals surface area (Å²) in [4.78, 5) is 22.5. The first-order chi connectivity index (χ1) is 15.0. The lowest BCUT2D eigenvalue weighted by Crippen LogP contribution is -2.32. The lowest BCUT2D eigenvalue weighted by Gasteiger charge is -2.20. The van der Waals surface area contributed by atoms with Crippen molar-refractivity contribution in [2.45, 2.75) is 45.5 Å². The van der Waals surface area contributed by atoms with Gasteiger partial charge < -0.3 is 20.1 Å². The van der Waals surface area contributed by atoms with E-state index in [2.05, 4.69) is 10.6 Å². The molecule has 8 nitrogen and oxygen atoms in total. The number of amides is 1. The van der Waals surface area contributed by atoms with E-state index in [0.29, 0.717) is 36.3 Å². The van der Waals surface area contributed by atoms with E-state index < -0.39 is 40.0 Å². The second-order valence-corrected chi connectivity index (χ2v) is 7.36. The maximum absolute atomic E-state index is 13.4. The van der Waals surface area contributed by atoms with E-state index in [1.165, 1.54) is 6.92 Å². The van der Waals surface area contributed by atoms with Crippen LogP contribution in [0.3, 0.4) is 0 Å². The molecular weight excluding hydrogens is 431 g/mol. The first kappa shape index (κ1) is 23.2. The number of carbonyl (C=O) groups excluding carboxylic acids is 1. The third-order valence-corrected chi connectivity index (χ3v) is 4.84. The Bertz CT molecular complexity index is 1040. The Labute approximate surface area is 181 Å². The molecule has 2 aromatic carbocycles. The molecule has 1 heterocycles. The number of nitro benzene ring substituents is 1. The number of ether oxygens (including phenoxy) is 2. The van der Waals surface area contributed by atoms with Gasteiger partial charge in [0.25, 0.3) is 5.69 Å². The Morgan fingerprint density at radius 2 is 2.03 bits per heavy atom. The number of alkyl halides is 3. The van der Waals surface area contributed by atoms with Crippen molar-refractivity contribution >= 4 is 23.0 Å². The van der Waals surface area contributed by atoms with Gasteiger partial charge in [0.2, 0.25) is 5.91 Å². The van der Waals surface area contributed by atoms with Gasteiger partial charge >= 0.3 is 6.18 Å². The number of non-ortho nitro benzene ring substituents is 1. The molecule has 2 atom stereocenters. The van der Waals surface area contributed by atoms with Crippen molar-refractivity contribution in [3.8, 4) is 11.5 Å². The number of nitrogens with one attached hydrogen (secondary N) is 2. The molecule has 0 unspecified atom stereocenters. The van der Waals surface area contributed by atoms with Crippen molar-refractivity contribution in [2.75, 3.05) is 17.2 Å². The van der Waals surface area contributed by atoms with Gasteiger partial charge in [0, 0.05) is 30.2 Å². The molecule has 1 amide bonds. The predicted octanol–water partition coefficient (Wildman–Crippen LogP) is 4.77.